The molecule has 2 aromatic carbocycles. The fourth-order valence-corrected chi connectivity index (χ4v) is 4.52. The lowest BCUT2D eigenvalue weighted by atomic mass is 10.1. The number of nitrogens with zero attached hydrogens (tertiary/aromatic N) is 2. The van der Waals surface area contributed by atoms with Gasteiger partial charge in [0.05, 0.1) is 27.0 Å². The van der Waals surface area contributed by atoms with Gasteiger partial charge in [0.15, 0.2) is 4.34 Å². The maximum Gasteiger partial charge on any atom is 0.337 e. The Kier molecular flexibility index (Phi) is 3.92. The lowest BCUT2D eigenvalue weighted by molar-refractivity contribution is 0.0695. The van der Waals surface area contributed by atoms with Gasteiger partial charge in [-0.2, -0.15) is 0 Å². The number of carbonyl (C=O) groups is 1. The number of para-hydroxylation sites is 2. The van der Waals surface area contributed by atoms with Crippen molar-refractivity contribution in [2.75, 3.05) is 0 Å². The minimum atomic E-state index is -0.951. The van der Waals surface area contributed by atoms with E-state index in [9.17, 15) is 9.90 Å². The van der Waals surface area contributed by atoms with Crippen molar-refractivity contribution in [1.82, 2.24) is 9.97 Å². The van der Waals surface area contributed by atoms with Gasteiger partial charge >= 0.3 is 5.97 Å². The molecular formula is C18H12N2O2S2. The molecule has 4 rings (SSSR count). The molecule has 0 aliphatic heterocycles. The van der Waals surface area contributed by atoms with Gasteiger partial charge in [0.1, 0.15) is 0 Å². The van der Waals surface area contributed by atoms with E-state index in [0.717, 1.165) is 25.5 Å². The smallest absolute Gasteiger partial charge is 0.337 e. The number of hydrogen-bond acceptors (Lipinski definition) is 5. The van der Waals surface area contributed by atoms with Crippen LogP contribution in [0.2, 0.25) is 0 Å². The van der Waals surface area contributed by atoms with Gasteiger partial charge in [-0.3, -0.25) is 4.98 Å². The monoisotopic (exact) mass is 352 g/mol. The third-order valence-corrected chi connectivity index (χ3v) is 5.83. The van der Waals surface area contributed by atoms with Crippen molar-refractivity contribution < 1.29 is 9.90 Å². The van der Waals surface area contributed by atoms with Crippen LogP contribution in [0.4, 0.5) is 0 Å². The first-order chi connectivity index (χ1) is 11.7. The van der Waals surface area contributed by atoms with Crippen molar-refractivity contribution in [1.29, 1.82) is 0 Å². The molecule has 0 bridgehead atoms. The van der Waals surface area contributed by atoms with Gasteiger partial charge < -0.3 is 5.11 Å². The summed E-state index contributed by atoms with van der Waals surface area (Å²) in [6, 6.07) is 17.2. The molecular weight excluding hydrogens is 340 g/mol. The predicted octanol–water partition coefficient (Wildman–Crippen LogP) is 4.84. The quantitative estimate of drug-likeness (QED) is 0.533. The molecule has 118 valence electrons. The summed E-state index contributed by atoms with van der Waals surface area (Å²) in [7, 11) is 0. The highest BCUT2D eigenvalue weighted by Crippen LogP contribution is 2.32. The SMILES string of the molecule is O=C(O)c1cc2ccccc2nc1CSc1nc2ccccc2s1. The van der Waals surface area contributed by atoms with E-state index in [4.69, 9.17) is 0 Å². The Bertz CT molecular complexity index is 1030. The Morgan fingerprint density at radius 2 is 1.79 bits per heavy atom. The van der Waals surface area contributed by atoms with Crippen LogP contribution in [0.3, 0.4) is 0 Å². The lowest BCUT2D eigenvalue weighted by Crippen LogP contribution is -2.04. The summed E-state index contributed by atoms with van der Waals surface area (Å²) in [6.45, 7) is 0. The van der Waals surface area contributed by atoms with Crippen molar-refractivity contribution in [2.24, 2.45) is 0 Å². The molecule has 0 radical (unpaired) electrons. The number of aromatic carboxylic acids is 1. The van der Waals surface area contributed by atoms with Crippen LogP contribution in [0.15, 0.2) is 58.9 Å². The van der Waals surface area contributed by atoms with Crippen molar-refractivity contribution in [3.8, 4) is 0 Å². The van der Waals surface area contributed by atoms with Crippen molar-refractivity contribution >= 4 is 50.2 Å². The Morgan fingerprint density at radius 1 is 1.04 bits per heavy atom. The molecule has 0 atom stereocenters. The molecule has 6 heteroatoms. The number of rotatable bonds is 4. The third kappa shape index (κ3) is 2.86. The number of aromatic nitrogens is 2. The first-order valence-corrected chi connectivity index (χ1v) is 9.11. The molecule has 0 fully saturated rings. The van der Waals surface area contributed by atoms with E-state index < -0.39 is 5.97 Å². The van der Waals surface area contributed by atoms with Crippen LogP contribution < -0.4 is 0 Å². The molecule has 0 aliphatic rings. The second-order valence-electron chi connectivity index (χ2n) is 5.22. The average molecular weight is 352 g/mol. The maximum atomic E-state index is 11.6. The van der Waals surface area contributed by atoms with E-state index in [1.807, 2.05) is 48.5 Å². The minimum absolute atomic E-state index is 0.252. The largest absolute Gasteiger partial charge is 0.478 e. The fraction of sp³-hybridized carbons (Fsp3) is 0.0556. The summed E-state index contributed by atoms with van der Waals surface area (Å²) < 4.78 is 2.05. The summed E-state index contributed by atoms with van der Waals surface area (Å²) in [5, 5.41) is 10.3. The van der Waals surface area contributed by atoms with Gasteiger partial charge in [0, 0.05) is 11.1 Å². The molecule has 4 nitrogen and oxygen atoms in total. The van der Waals surface area contributed by atoms with E-state index in [1.165, 1.54) is 11.8 Å². The molecule has 24 heavy (non-hydrogen) atoms. The highest BCUT2D eigenvalue weighted by Gasteiger charge is 2.14. The summed E-state index contributed by atoms with van der Waals surface area (Å²) in [5.41, 5.74) is 2.60. The Morgan fingerprint density at radius 3 is 2.58 bits per heavy atom. The molecule has 2 aromatic heterocycles. The fourth-order valence-electron chi connectivity index (χ4n) is 2.49. The third-order valence-electron chi connectivity index (χ3n) is 3.64. The second-order valence-corrected chi connectivity index (χ2v) is 7.47. The van der Waals surface area contributed by atoms with E-state index in [1.54, 1.807) is 17.4 Å². The number of benzene rings is 2. The van der Waals surface area contributed by atoms with Gasteiger partial charge in [-0.05, 0) is 24.3 Å². The number of hydrogen-bond donors (Lipinski definition) is 1. The molecule has 0 saturated carbocycles. The lowest BCUT2D eigenvalue weighted by Gasteiger charge is -2.06. The van der Waals surface area contributed by atoms with Gasteiger partial charge in [0.25, 0.3) is 0 Å². The summed E-state index contributed by atoms with van der Waals surface area (Å²) in [5.74, 6) is -0.472. The number of pyridine rings is 1. The predicted molar refractivity (Wildman–Crippen MR) is 97.9 cm³/mol. The normalized spacial score (nSPS) is 11.2. The highest BCUT2D eigenvalue weighted by molar-refractivity contribution is 8.00. The van der Waals surface area contributed by atoms with Crippen molar-refractivity contribution in [3.05, 3.63) is 65.9 Å². The zero-order chi connectivity index (χ0) is 16.5. The van der Waals surface area contributed by atoms with Gasteiger partial charge in [-0.1, -0.05) is 42.1 Å². The van der Waals surface area contributed by atoms with Gasteiger partial charge in [-0.15, -0.1) is 11.3 Å². The van der Waals surface area contributed by atoms with Crippen molar-refractivity contribution in [3.63, 3.8) is 0 Å². The van der Waals surface area contributed by atoms with Crippen LogP contribution >= 0.6 is 23.1 Å². The Hall–Kier alpha value is -2.44. The number of carboxylic acids is 1. The van der Waals surface area contributed by atoms with Crippen LogP contribution in [-0.4, -0.2) is 21.0 Å². The summed E-state index contributed by atoms with van der Waals surface area (Å²) in [6.07, 6.45) is 0. The van der Waals surface area contributed by atoms with Crippen LogP contribution in [0, 0.1) is 0 Å². The molecule has 1 N–H and O–H groups in total. The minimum Gasteiger partial charge on any atom is -0.478 e. The topological polar surface area (TPSA) is 63.1 Å². The van der Waals surface area contributed by atoms with Gasteiger partial charge in [-0.25, -0.2) is 9.78 Å². The average Bonchev–Trinajstić information content (AvgIpc) is 3.02. The summed E-state index contributed by atoms with van der Waals surface area (Å²) in [4.78, 5) is 20.7. The number of carboxylic acid groups (broad SMARTS) is 1. The first-order valence-electron chi connectivity index (χ1n) is 7.31. The van der Waals surface area contributed by atoms with Crippen LogP contribution in [0.1, 0.15) is 16.1 Å². The first kappa shape index (κ1) is 15.1. The molecule has 0 saturated heterocycles. The maximum absolute atomic E-state index is 11.6. The zero-order valence-electron chi connectivity index (χ0n) is 12.5. The van der Waals surface area contributed by atoms with Crippen LogP contribution in [-0.2, 0) is 5.75 Å². The Labute approximate surface area is 146 Å². The molecule has 0 amide bonds. The highest BCUT2D eigenvalue weighted by atomic mass is 32.2. The number of thioether (sulfide) groups is 1. The van der Waals surface area contributed by atoms with E-state index >= 15 is 0 Å². The number of fused-ring (bicyclic) bond motifs is 2. The Balaban J connectivity index is 1.67. The van der Waals surface area contributed by atoms with E-state index in [2.05, 4.69) is 9.97 Å². The number of thiazole rings is 1. The molecule has 4 aromatic rings. The van der Waals surface area contributed by atoms with Gasteiger partial charge in [0.2, 0.25) is 0 Å². The molecule has 2 heterocycles. The molecule has 0 spiro atoms. The molecule has 0 aliphatic carbocycles. The van der Waals surface area contributed by atoms with E-state index in [0.29, 0.717) is 11.4 Å². The van der Waals surface area contributed by atoms with Crippen molar-refractivity contribution in [2.45, 2.75) is 10.1 Å². The molecule has 0 unspecified atom stereocenters. The zero-order valence-corrected chi connectivity index (χ0v) is 14.1. The standard InChI is InChI=1S/C18H12N2O2S2/c21-17(22)12-9-11-5-1-2-6-13(11)19-15(12)10-23-18-20-14-7-3-4-8-16(14)24-18/h1-9H,10H2,(H,21,22). The van der Waals surface area contributed by atoms with Crippen LogP contribution in [0.25, 0.3) is 21.1 Å². The second kappa shape index (κ2) is 6.22. The van der Waals surface area contributed by atoms with Crippen LogP contribution in [0.5, 0.6) is 0 Å². The van der Waals surface area contributed by atoms with E-state index in [-0.39, 0.29) is 5.56 Å². The summed E-state index contributed by atoms with van der Waals surface area (Å²) >= 11 is 3.13.